The molecule has 0 bridgehead atoms. The summed E-state index contributed by atoms with van der Waals surface area (Å²) in [5.41, 5.74) is 5.39. The fourth-order valence-corrected chi connectivity index (χ4v) is 1.36. The van der Waals surface area contributed by atoms with Crippen molar-refractivity contribution in [1.82, 2.24) is 5.32 Å². The Bertz CT molecular complexity index is 487. The quantitative estimate of drug-likeness (QED) is 0.838. The highest BCUT2D eigenvalue weighted by Gasteiger charge is 2.32. The molecule has 20 heavy (non-hydrogen) atoms. The molecule has 0 heterocycles. The minimum atomic E-state index is -4.82. The number of nitrogen functional groups attached to an aromatic ring is 1. The molecule has 1 atom stereocenters. The first-order chi connectivity index (χ1) is 9.10. The van der Waals surface area contributed by atoms with E-state index < -0.39 is 18.0 Å². The van der Waals surface area contributed by atoms with Gasteiger partial charge in [-0.25, -0.2) is 0 Å². The van der Waals surface area contributed by atoms with Crippen LogP contribution >= 0.6 is 0 Å². The number of ether oxygens (including phenoxy) is 1. The zero-order chi connectivity index (χ0) is 15.5. The van der Waals surface area contributed by atoms with Crippen molar-refractivity contribution in [1.29, 1.82) is 0 Å². The molecule has 1 aromatic rings. The van der Waals surface area contributed by atoms with Crippen LogP contribution in [0.1, 0.15) is 31.1 Å². The third-order valence-electron chi connectivity index (χ3n) is 2.86. The number of benzene rings is 1. The van der Waals surface area contributed by atoms with Crippen LogP contribution in [0.25, 0.3) is 0 Å². The van der Waals surface area contributed by atoms with E-state index in [1.807, 2.05) is 20.8 Å². The van der Waals surface area contributed by atoms with Gasteiger partial charge in [0.25, 0.3) is 5.91 Å². The molecule has 4 nitrogen and oxygen atoms in total. The predicted molar refractivity (Wildman–Crippen MR) is 69.3 cm³/mol. The van der Waals surface area contributed by atoms with Gasteiger partial charge in [-0.15, -0.1) is 13.2 Å². The lowest BCUT2D eigenvalue weighted by molar-refractivity contribution is -0.274. The largest absolute Gasteiger partial charge is 0.573 e. The molecule has 0 aliphatic rings. The van der Waals surface area contributed by atoms with Crippen molar-refractivity contribution < 1.29 is 22.7 Å². The van der Waals surface area contributed by atoms with E-state index in [1.165, 1.54) is 6.07 Å². The van der Waals surface area contributed by atoms with Crippen LogP contribution in [0, 0.1) is 5.92 Å². The molecule has 0 aliphatic heterocycles. The normalized spacial score (nSPS) is 13.2. The van der Waals surface area contributed by atoms with Crippen LogP contribution in [0.15, 0.2) is 18.2 Å². The summed E-state index contributed by atoms with van der Waals surface area (Å²) < 4.78 is 40.0. The Hall–Kier alpha value is -1.92. The van der Waals surface area contributed by atoms with E-state index in [4.69, 9.17) is 5.73 Å². The summed E-state index contributed by atoms with van der Waals surface area (Å²) in [5, 5.41) is 2.73. The zero-order valence-electron chi connectivity index (χ0n) is 11.4. The summed E-state index contributed by atoms with van der Waals surface area (Å²) in [4.78, 5) is 11.9. The highest BCUT2D eigenvalue weighted by Crippen LogP contribution is 2.28. The van der Waals surface area contributed by atoms with Crippen LogP contribution in [-0.2, 0) is 0 Å². The van der Waals surface area contributed by atoms with Crippen molar-refractivity contribution in [3.8, 4) is 5.75 Å². The number of hydrogen-bond donors (Lipinski definition) is 2. The van der Waals surface area contributed by atoms with Gasteiger partial charge in [0.05, 0.1) is 5.69 Å². The maximum atomic E-state index is 12.1. The first-order valence-electron chi connectivity index (χ1n) is 6.06. The van der Waals surface area contributed by atoms with Crippen LogP contribution in [0.3, 0.4) is 0 Å². The second kappa shape index (κ2) is 6.02. The SMILES string of the molecule is CC(C)C(C)NC(=O)c1ccc(OC(F)(F)F)c(N)c1. The molecule has 0 radical (unpaired) electrons. The monoisotopic (exact) mass is 290 g/mol. The van der Waals surface area contributed by atoms with Gasteiger partial charge in [-0.05, 0) is 31.0 Å². The summed E-state index contributed by atoms with van der Waals surface area (Å²) in [6, 6.07) is 3.36. The Morgan fingerprint density at radius 2 is 1.90 bits per heavy atom. The number of rotatable bonds is 4. The lowest BCUT2D eigenvalue weighted by Gasteiger charge is -2.18. The molecule has 0 saturated carbocycles. The Morgan fingerprint density at radius 3 is 2.35 bits per heavy atom. The van der Waals surface area contributed by atoms with E-state index in [0.29, 0.717) is 0 Å². The number of carbonyl (C=O) groups excluding carboxylic acids is 1. The minimum Gasteiger partial charge on any atom is -0.404 e. The van der Waals surface area contributed by atoms with Crippen molar-refractivity contribution in [3.05, 3.63) is 23.8 Å². The summed E-state index contributed by atoms with van der Waals surface area (Å²) in [6.45, 7) is 5.73. The summed E-state index contributed by atoms with van der Waals surface area (Å²) >= 11 is 0. The Labute approximate surface area is 115 Å². The lowest BCUT2D eigenvalue weighted by atomic mass is 10.1. The molecular formula is C13H17F3N2O2. The van der Waals surface area contributed by atoms with Crippen LogP contribution in [-0.4, -0.2) is 18.3 Å². The standard InChI is InChI=1S/C13H17F3N2O2/c1-7(2)8(3)18-12(19)9-4-5-11(10(17)6-9)20-13(14,15)16/h4-8H,17H2,1-3H3,(H,18,19). The molecule has 0 aromatic heterocycles. The van der Waals surface area contributed by atoms with Crippen molar-refractivity contribution in [2.45, 2.75) is 33.2 Å². The lowest BCUT2D eigenvalue weighted by Crippen LogP contribution is -2.36. The fraction of sp³-hybridized carbons (Fsp3) is 0.462. The van der Waals surface area contributed by atoms with Crippen LogP contribution in [0.2, 0.25) is 0 Å². The van der Waals surface area contributed by atoms with Gasteiger partial charge in [-0.1, -0.05) is 13.8 Å². The number of nitrogens with two attached hydrogens (primary N) is 1. The number of halogens is 3. The number of anilines is 1. The number of hydrogen-bond acceptors (Lipinski definition) is 3. The molecule has 7 heteroatoms. The van der Waals surface area contributed by atoms with Gasteiger partial charge < -0.3 is 15.8 Å². The average molecular weight is 290 g/mol. The smallest absolute Gasteiger partial charge is 0.404 e. The van der Waals surface area contributed by atoms with Crippen LogP contribution < -0.4 is 15.8 Å². The van der Waals surface area contributed by atoms with Gasteiger partial charge in [0.15, 0.2) is 5.75 Å². The van der Waals surface area contributed by atoms with Crippen LogP contribution in [0.5, 0.6) is 5.75 Å². The maximum absolute atomic E-state index is 12.1. The molecule has 1 rings (SSSR count). The van der Waals surface area contributed by atoms with Gasteiger partial charge in [0.2, 0.25) is 0 Å². The topological polar surface area (TPSA) is 64.3 Å². The van der Waals surface area contributed by atoms with Gasteiger partial charge in [0, 0.05) is 11.6 Å². The van der Waals surface area contributed by atoms with Gasteiger partial charge in [-0.3, -0.25) is 4.79 Å². The third-order valence-corrected chi connectivity index (χ3v) is 2.86. The molecule has 0 spiro atoms. The van der Waals surface area contributed by atoms with E-state index in [2.05, 4.69) is 10.1 Å². The Kier molecular flexibility index (Phi) is 4.86. The number of nitrogens with one attached hydrogen (secondary N) is 1. The van der Waals surface area contributed by atoms with Crippen molar-refractivity contribution in [2.75, 3.05) is 5.73 Å². The van der Waals surface area contributed by atoms with Gasteiger partial charge in [0.1, 0.15) is 0 Å². The third kappa shape index (κ3) is 4.64. The Balaban J connectivity index is 2.84. The van der Waals surface area contributed by atoms with Crippen LogP contribution in [0.4, 0.5) is 18.9 Å². The van der Waals surface area contributed by atoms with E-state index in [-0.39, 0.29) is 23.2 Å². The second-order valence-electron chi connectivity index (χ2n) is 4.81. The van der Waals surface area contributed by atoms with Crippen molar-refractivity contribution >= 4 is 11.6 Å². The zero-order valence-corrected chi connectivity index (χ0v) is 11.4. The minimum absolute atomic E-state index is 0.0603. The second-order valence-corrected chi connectivity index (χ2v) is 4.81. The molecule has 112 valence electrons. The molecule has 3 N–H and O–H groups in total. The van der Waals surface area contributed by atoms with E-state index in [1.54, 1.807) is 0 Å². The summed E-state index contributed by atoms with van der Waals surface area (Å²) in [5.74, 6) is -0.674. The average Bonchev–Trinajstić information content (AvgIpc) is 2.29. The Morgan fingerprint density at radius 1 is 1.30 bits per heavy atom. The van der Waals surface area contributed by atoms with Gasteiger partial charge in [-0.2, -0.15) is 0 Å². The predicted octanol–water partition coefficient (Wildman–Crippen LogP) is 2.94. The number of carbonyl (C=O) groups is 1. The highest BCUT2D eigenvalue weighted by molar-refractivity contribution is 5.95. The maximum Gasteiger partial charge on any atom is 0.573 e. The molecule has 1 amide bonds. The molecular weight excluding hydrogens is 273 g/mol. The van der Waals surface area contributed by atoms with Crippen molar-refractivity contribution in [2.24, 2.45) is 5.92 Å². The van der Waals surface area contributed by atoms with E-state index in [9.17, 15) is 18.0 Å². The van der Waals surface area contributed by atoms with Crippen molar-refractivity contribution in [3.63, 3.8) is 0 Å². The highest BCUT2D eigenvalue weighted by atomic mass is 19.4. The number of alkyl halides is 3. The van der Waals surface area contributed by atoms with E-state index >= 15 is 0 Å². The molecule has 0 fully saturated rings. The van der Waals surface area contributed by atoms with E-state index in [0.717, 1.165) is 12.1 Å². The fourth-order valence-electron chi connectivity index (χ4n) is 1.36. The summed E-state index contributed by atoms with van der Waals surface area (Å²) in [6.07, 6.45) is -4.82. The summed E-state index contributed by atoms with van der Waals surface area (Å²) in [7, 11) is 0. The molecule has 1 aromatic carbocycles. The van der Waals surface area contributed by atoms with Gasteiger partial charge >= 0.3 is 6.36 Å². The molecule has 0 aliphatic carbocycles. The molecule has 1 unspecified atom stereocenters. The first-order valence-corrected chi connectivity index (χ1v) is 6.06. The molecule has 0 saturated heterocycles. The number of amides is 1. The first kappa shape index (κ1) is 16.1.